The molecule has 27 heavy (non-hydrogen) atoms. The van der Waals surface area contributed by atoms with E-state index >= 15 is 0 Å². The second-order valence-corrected chi connectivity index (χ2v) is 5.41. The highest BCUT2D eigenvalue weighted by Crippen LogP contribution is 2.33. The molecule has 0 radical (unpaired) electrons. The molecule has 0 spiro atoms. The molecule has 11 nitrogen and oxygen atoms in total. The zero-order valence-corrected chi connectivity index (χ0v) is 14.2. The fourth-order valence-electron chi connectivity index (χ4n) is 2.18. The third-order valence-electron chi connectivity index (χ3n) is 3.08. The summed E-state index contributed by atoms with van der Waals surface area (Å²) in [7, 11) is 0. The first-order chi connectivity index (χ1) is 12.6. The molecule has 11 heteroatoms. The van der Waals surface area contributed by atoms with Gasteiger partial charge in [0, 0.05) is 37.4 Å². The van der Waals surface area contributed by atoms with Gasteiger partial charge >= 0.3 is 0 Å². The molecule has 0 unspecified atom stereocenters. The maximum atomic E-state index is 11.3. The van der Waals surface area contributed by atoms with E-state index in [-0.39, 0.29) is 23.3 Å². The van der Waals surface area contributed by atoms with Crippen molar-refractivity contribution in [1.29, 1.82) is 0 Å². The van der Waals surface area contributed by atoms with Crippen LogP contribution in [0.25, 0.3) is 0 Å². The molecule has 0 aliphatic carbocycles. The van der Waals surface area contributed by atoms with Gasteiger partial charge in [-0.05, 0) is 6.07 Å². The van der Waals surface area contributed by atoms with Crippen molar-refractivity contribution < 1.29 is 24.2 Å². The van der Waals surface area contributed by atoms with Crippen LogP contribution in [0.2, 0.25) is 0 Å². The number of ether oxygens (including phenoxy) is 1. The molecule has 0 saturated heterocycles. The van der Waals surface area contributed by atoms with Crippen LogP contribution < -0.4 is 15.4 Å². The van der Waals surface area contributed by atoms with Gasteiger partial charge in [0.2, 0.25) is 11.8 Å². The summed E-state index contributed by atoms with van der Waals surface area (Å²) >= 11 is 0. The number of carbonyl (C=O) groups excluding carboxylic acids is 2. The van der Waals surface area contributed by atoms with Gasteiger partial charge < -0.3 is 15.4 Å². The van der Waals surface area contributed by atoms with E-state index in [1.54, 1.807) is 0 Å². The molecule has 0 aliphatic rings. The molecule has 2 aromatic carbocycles. The quantitative estimate of drug-likeness (QED) is 0.581. The van der Waals surface area contributed by atoms with Crippen molar-refractivity contribution in [1.82, 2.24) is 0 Å². The number of rotatable bonds is 6. The van der Waals surface area contributed by atoms with E-state index in [0.29, 0.717) is 11.4 Å². The average molecular weight is 374 g/mol. The second-order valence-electron chi connectivity index (χ2n) is 5.41. The van der Waals surface area contributed by atoms with Crippen molar-refractivity contribution in [3.63, 3.8) is 0 Å². The van der Waals surface area contributed by atoms with Gasteiger partial charge in [-0.1, -0.05) is 0 Å². The van der Waals surface area contributed by atoms with Crippen LogP contribution in [0.15, 0.2) is 36.4 Å². The number of benzene rings is 2. The number of nitro benzene ring substituents is 2. The number of nitrogens with one attached hydrogen (secondary N) is 2. The number of hydrogen-bond donors (Lipinski definition) is 2. The number of amides is 2. The molecule has 0 aliphatic heterocycles. The minimum absolute atomic E-state index is 0.0970. The summed E-state index contributed by atoms with van der Waals surface area (Å²) in [6.45, 7) is 2.57. The lowest BCUT2D eigenvalue weighted by Gasteiger charge is -2.11. The highest BCUT2D eigenvalue weighted by molar-refractivity contribution is 5.92. The lowest BCUT2D eigenvalue weighted by molar-refractivity contribution is -0.394. The standard InChI is InChI=1S/C16H14N4O7/c1-9(21)17-11-3-12(18-10(2)22)5-15(4-11)27-16-7-13(19(23)24)6-14(8-16)20(25)26/h3-8H,1-2H3,(H,17,21)(H,18,22). The smallest absolute Gasteiger partial charge is 0.280 e. The highest BCUT2D eigenvalue weighted by atomic mass is 16.6. The number of carbonyl (C=O) groups is 2. The van der Waals surface area contributed by atoms with Gasteiger partial charge in [-0.15, -0.1) is 0 Å². The van der Waals surface area contributed by atoms with E-state index in [1.165, 1.54) is 32.0 Å². The van der Waals surface area contributed by atoms with Crippen molar-refractivity contribution in [2.75, 3.05) is 10.6 Å². The molecule has 0 atom stereocenters. The number of nitro groups is 2. The fraction of sp³-hybridized carbons (Fsp3) is 0.125. The first-order valence-corrected chi connectivity index (χ1v) is 7.46. The van der Waals surface area contributed by atoms with Gasteiger partial charge in [0.25, 0.3) is 11.4 Å². The summed E-state index contributed by atoms with van der Waals surface area (Å²) in [6, 6.07) is 7.13. The molecule has 0 heterocycles. The van der Waals surface area contributed by atoms with Gasteiger partial charge in [0.1, 0.15) is 11.5 Å². The van der Waals surface area contributed by atoms with Gasteiger partial charge in [0.05, 0.1) is 28.0 Å². The molecule has 2 N–H and O–H groups in total. The molecule has 0 saturated carbocycles. The van der Waals surface area contributed by atoms with Crippen LogP contribution in [-0.2, 0) is 9.59 Å². The number of non-ortho nitro benzene ring substituents is 2. The predicted octanol–water partition coefficient (Wildman–Crippen LogP) is 3.21. The highest BCUT2D eigenvalue weighted by Gasteiger charge is 2.18. The fourth-order valence-corrected chi connectivity index (χ4v) is 2.18. The Morgan fingerprint density at radius 2 is 1.19 bits per heavy atom. The third kappa shape index (κ3) is 5.49. The van der Waals surface area contributed by atoms with Crippen LogP contribution in [0.1, 0.15) is 13.8 Å². The van der Waals surface area contributed by atoms with Crippen molar-refractivity contribution in [2.24, 2.45) is 0 Å². The molecule has 0 fully saturated rings. The maximum absolute atomic E-state index is 11.3. The monoisotopic (exact) mass is 374 g/mol. The van der Waals surface area contributed by atoms with E-state index in [4.69, 9.17) is 4.74 Å². The summed E-state index contributed by atoms with van der Waals surface area (Å²) in [4.78, 5) is 42.9. The van der Waals surface area contributed by atoms with E-state index in [0.717, 1.165) is 18.2 Å². The Balaban J connectivity index is 2.45. The number of nitrogens with zero attached hydrogens (tertiary/aromatic N) is 2. The molecule has 2 amide bonds. The third-order valence-corrected chi connectivity index (χ3v) is 3.08. The Morgan fingerprint density at radius 3 is 1.56 bits per heavy atom. The van der Waals surface area contributed by atoms with Crippen LogP contribution in [0.5, 0.6) is 11.5 Å². The van der Waals surface area contributed by atoms with Crippen LogP contribution in [0, 0.1) is 20.2 Å². The van der Waals surface area contributed by atoms with E-state index in [1.807, 2.05) is 0 Å². The molecular weight excluding hydrogens is 360 g/mol. The van der Waals surface area contributed by atoms with Crippen molar-refractivity contribution in [3.8, 4) is 11.5 Å². The molecular formula is C16H14N4O7. The lowest BCUT2D eigenvalue weighted by Crippen LogP contribution is -2.09. The minimum atomic E-state index is -0.781. The summed E-state index contributed by atoms with van der Waals surface area (Å²) in [5, 5.41) is 27.0. The van der Waals surface area contributed by atoms with Gasteiger partial charge in [-0.25, -0.2) is 0 Å². The number of hydrogen-bond acceptors (Lipinski definition) is 7. The van der Waals surface area contributed by atoms with Crippen molar-refractivity contribution in [2.45, 2.75) is 13.8 Å². The first-order valence-electron chi connectivity index (χ1n) is 7.46. The normalized spacial score (nSPS) is 10.0. The summed E-state index contributed by atoms with van der Waals surface area (Å²) in [5.41, 5.74) is -0.439. The summed E-state index contributed by atoms with van der Waals surface area (Å²) < 4.78 is 5.49. The van der Waals surface area contributed by atoms with E-state index in [9.17, 15) is 29.8 Å². The van der Waals surface area contributed by atoms with Crippen LogP contribution in [0.4, 0.5) is 22.7 Å². The SMILES string of the molecule is CC(=O)Nc1cc(NC(C)=O)cc(Oc2cc([N+](=O)[O-])cc([N+](=O)[O-])c2)c1. The van der Waals surface area contributed by atoms with Gasteiger partial charge in [0.15, 0.2) is 0 Å². The molecule has 0 aromatic heterocycles. The summed E-state index contributed by atoms with van der Waals surface area (Å²) in [5.74, 6) is -0.789. The largest absolute Gasteiger partial charge is 0.457 e. The Bertz CT molecular complexity index is 876. The molecule has 2 aromatic rings. The maximum Gasteiger partial charge on any atom is 0.280 e. The molecule has 140 valence electrons. The Kier molecular flexibility index (Phi) is 5.65. The van der Waals surface area contributed by atoms with Gasteiger partial charge in [-0.3, -0.25) is 29.8 Å². The molecule has 2 rings (SSSR count). The second kappa shape index (κ2) is 7.91. The van der Waals surface area contributed by atoms with Crippen LogP contribution >= 0.6 is 0 Å². The topological polar surface area (TPSA) is 154 Å². The molecule has 0 bridgehead atoms. The van der Waals surface area contributed by atoms with E-state index < -0.39 is 21.2 Å². The first kappa shape index (κ1) is 19.3. The minimum Gasteiger partial charge on any atom is -0.457 e. The Morgan fingerprint density at radius 1 is 0.778 bits per heavy atom. The summed E-state index contributed by atoms with van der Waals surface area (Å²) in [6.07, 6.45) is 0. The predicted molar refractivity (Wildman–Crippen MR) is 94.9 cm³/mol. The lowest BCUT2D eigenvalue weighted by atomic mass is 10.2. The van der Waals surface area contributed by atoms with E-state index in [2.05, 4.69) is 10.6 Å². The van der Waals surface area contributed by atoms with Crippen LogP contribution in [0.3, 0.4) is 0 Å². The average Bonchev–Trinajstić information content (AvgIpc) is 2.52. The van der Waals surface area contributed by atoms with Crippen molar-refractivity contribution >= 4 is 34.6 Å². The zero-order chi connectivity index (χ0) is 20.1. The Hall–Kier alpha value is -4.02. The Labute approximate surface area is 152 Å². The van der Waals surface area contributed by atoms with Crippen molar-refractivity contribution in [3.05, 3.63) is 56.6 Å². The van der Waals surface area contributed by atoms with Gasteiger partial charge in [-0.2, -0.15) is 0 Å². The zero-order valence-electron chi connectivity index (χ0n) is 14.2. The number of anilines is 2. The van der Waals surface area contributed by atoms with Crippen LogP contribution in [-0.4, -0.2) is 21.7 Å².